The van der Waals surface area contributed by atoms with Crippen molar-refractivity contribution in [3.8, 4) is 23.0 Å². The van der Waals surface area contributed by atoms with Crippen LogP contribution in [0.3, 0.4) is 0 Å². The Morgan fingerprint density at radius 1 is 1.00 bits per heavy atom. The van der Waals surface area contributed by atoms with Gasteiger partial charge in [-0.1, -0.05) is 42.5 Å². The van der Waals surface area contributed by atoms with Gasteiger partial charge < -0.3 is 15.5 Å². The van der Waals surface area contributed by atoms with Crippen LogP contribution < -0.4 is 10.5 Å². The van der Waals surface area contributed by atoms with Crippen LogP contribution >= 0.6 is 11.3 Å². The third kappa shape index (κ3) is 4.79. The van der Waals surface area contributed by atoms with Crippen molar-refractivity contribution in [3.05, 3.63) is 83.3 Å². The van der Waals surface area contributed by atoms with Crippen molar-refractivity contribution in [3.63, 3.8) is 0 Å². The van der Waals surface area contributed by atoms with Gasteiger partial charge in [-0.05, 0) is 61.9 Å². The summed E-state index contributed by atoms with van der Waals surface area (Å²) in [7, 11) is 0. The van der Waals surface area contributed by atoms with Crippen LogP contribution in [0.1, 0.15) is 35.9 Å². The summed E-state index contributed by atoms with van der Waals surface area (Å²) in [6.07, 6.45) is 6.57. The molecule has 6 rings (SSSR count). The van der Waals surface area contributed by atoms with Gasteiger partial charge in [-0.2, -0.15) is 0 Å². The number of anilines is 1. The second-order valence-corrected chi connectivity index (χ2v) is 9.36. The van der Waals surface area contributed by atoms with Crippen LogP contribution in [-0.4, -0.2) is 19.9 Å². The van der Waals surface area contributed by atoms with Crippen LogP contribution in [0, 0.1) is 6.92 Å². The zero-order valence-electron chi connectivity index (χ0n) is 19.3. The number of thiazole rings is 1. The standard InChI is InChI=1S/C18H17N5OS.C9H10/c1-3-13-10(2)21-17(22-13)15-8-12(6-7-20-15)24-11-4-5-14-16(9-11)25-18(19)23-14;1-2-5-9-7-3-6-8(9)4-1/h4-9H,3H2,1-2H3,(H2,19,23)(H,21,22);1-2,4-5H,3,6-7H2. The third-order valence-corrected chi connectivity index (χ3v) is 6.76. The van der Waals surface area contributed by atoms with E-state index < -0.39 is 0 Å². The number of aryl methyl sites for hydroxylation is 4. The minimum absolute atomic E-state index is 0.554. The first-order valence-corrected chi connectivity index (χ1v) is 12.3. The highest BCUT2D eigenvalue weighted by atomic mass is 32.1. The summed E-state index contributed by atoms with van der Waals surface area (Å²) in [6, 6.07) is 18.2. The summed E-state index contributed by atoms with van der Waals surface area (Å²) in [5.41, 5.74) is 12.6. The van der Waals surface area contributed by atoms with E-state index in [4.69, 9.17) is 10.5 Å². The fraction of sp³-hybridized carbons (Fsp3) is 0.222. The minimum atomic E-state index is 0.554. The van der Waals surface area contributed by atoms with Gasteiger partial charge in [0.25, 0.3) is 0 Å². The van der Waals surface area contributed by atoms with Gasteiger partial charge in [0.05, 0.1) is 15.9 Å². The van der Waals surface area contributed by atoms with Crippen molar-refractivity contribution in [2.75, 3.05) is 5.73 Å². The fourth-order valence-corrected chi connectivity index (χ4v) is 4.97. The molecule has 0 atom stereocenters. The maximum absolute atomic E-state index is 5.98. The molecule has 1 aliphatic carbocycles. The average molecular weight is 470 g/mol. The van der Waals surface area contributed by atoms with Crippen molar-refractivity contribution in [2.24, 2.45) is 0 Å². The number of fused-ring (bicyclic) bond motifs is 2. The number of nitrogen functional groups attached to an aromatic ring is 1. The fourth-order valence-electron chi connectivity index (χ4n) is 4.20. The van der Waals surface area contributed by atoms with Crippen molar-refractivity contribution in [1.82, 2.24) is 19.9 Å². The summed E-state index contributed by atoms with van der Waals surface area (Å²) in [5, 5.41) is 0.554. The Hall–Kier alpha value is -3.71. The zero-order chi connectivity index (χ0) is 23.5. The number of nitrogens with one attached hydrogen (secondary N) is 1. The van der Waals surface area contributed by atoms with Crippen molar-refractivity contribution < 1.29 is 4.74 Å². The number of nitrogens with zero attached hydrogens (tertiary/aromatic N) is 3. The highest BCUT2D eigenvalue weighted by Gasteiger charge is 2.10. The molecule has 7 heteroatoms. The van der Waals surface area contributed by atoms with Gasteiger partial charge in [0.15, 0.2) is 11.0 Å². The van der Waals surface area contributed by atoms with Crippen LogP contribution in [-0.2, 0) is 19.3 Å². The predicted octanol–water partition coefficient (Wildman–Crippen LogP) is 6.50. The van der Waals surface area contributed by atoms with E-state index >= 15 is 0 Å². The van der Waals surface area contributed by atoms with Gasteiger partial charge in [-0.3, -0.25) is 4.98 Å². The van der Waals surface area contributed by atoms with Gasteiger partial charge in [0.1, 0.15) is 17.2 Å². The van der Waals surface area contributed by atoms with Crippen molar-refractivity contribution in [1.29, 1.82) is 0 Å². The summed E-state index contributed by atoms with van der Waals surface area (Å²) >= 11 is 1.44. The summed E-state index contributed by atoms with van der Waals surface area (Å²) in [5.74, 6) is 2.19. The number of ether oxygens (including phenoxy) is 1. The molecule has 0 radical (unpaired) electrons. The number of hydrogen-bond acceptors (Lipinski definition) is 6. The molecule has 0 saturated heterocycles. The maximum atomic E-state index is 5.98. The molecule has 0 saturated carbocycles. The zero-order valence-corrected chi connectivity index (χ0v) is 20.2. The predicted molar refractivity (Wildman–Crippen MR) is 139 cm³/mol. The number of benzene rings is 2. The number of H-pyrrole nitrogens is 1. The number of hydrogen-bond donors (Lipinski definition) is 2. The van der Waals surface area contributed by atoms with Gasteiger partial charge >= 0.3 is 0 Å². The molecule has 172 valence electrons. The Morgan fingerprint density at radius 3 is 2.50 bits per heavy atom. The van der Waals surface area contributed by atoms with Crippen molar-refractivity contribution in [2.45, 2.75) is 39.5 Å². The summed E-state index contributed by atoms with van der Waals surface area (Å²) in [6.45, 7) is 4.11. The van der Waals surface area contributed by atoms with Crippen LogP contribution in [0.25, 0.3) is 21.7 Å². The number of imidazole rings is 1. The van der Waals surface area contributed by atoms with E-state index in [1.165, 1.54) is 30.6 Å². The lowest BCUT2D eigenvalue weighted by molar-refractivity contribution is 0.483. The number of aromatic amines is 1. The van der Waals surface area contributed by atoms with Crippen molar-refractivity contribution >= 4 is 26.7 Å². The molecule has 1 aliphatic rings. The number of rotatable bonds is 4. The second-order valence-electron chi connectivity index (χ2n) is 8.29. The summed E-state index contributed by atoms with van der Waals surface area (Å²) < 4.78 is 6.98. The molecule has 34 heavy (non-hydrogen) atoms. The first-order valence-electron chi connectivity index (χ1n) is 11.5. The molecule has 0 aliphatic heterocycles. The van der Waals surface area contributed by atoms with E-state index in [1.807, 2.05) is 37.3 Å². The Bertz CT molecular complexity index is 1420. The molecule has 6 nitrogen and oxygen atoms in total. The highest BCUT2D eigenvalue weighted by Crippen LogP contribution is 2.31. The molecule has 0 amide bonds. The number of pyridine rings is 1. The smallest absolute Gasteiger partial charge is 0.181 e. The molecular weight excluding hydrogens is 442 g/mol. The number of nitrogens with two attached hydrogens (primary N) is 1. The van der Waals surface area contributed by atoms with Crippen LogP contribution in [0.2, 0.25) is 0 Å². The second kappa shape index (κ2) is 9.65. The molecule has 3 N–H and O–H groups in total. The molecule has 0 unspecified atom stereocenters. The van der Waals surface area contributed by atoms with Gasteiger partial charge in [0.2, 0.25) is 0 Å². The SMILES string of the molecule is CCc1nc(-c2cc(Oc3ccc4nc(N)sc4c3)ccn2)[nH]c1C.c1ccc2c(c1)CCC2. The van der Waals surface area contributed by atoms with E-state index in [1.54, 1.807) is 17.3 Å². The Morgan fingerprint density at radius 2 is 1.76 bits per heavy atom. The lowest BCUT2D eigenvalue weighted by Gasteiger charge is -2.06. The van der Waals surface area contributed by atoms with E-state index in [-0.39, 0.29) is 0 Å². The average Bonchev–Trinajstić information content (AvgIpc) is 3.56. The molecule has 3 heterocycles. The van der Waals surface area contributed by atoms with Gasteiger partial charge in [0, 0.05) is 24.0 Å². The topological polar surface area (TPSA) is 89.7 Å². The summed E-state index contributed by atoms with van der Waals surface area (Å²) in [4.78, 5) is 16.5. The lowest BCUT2D eigenvalue weighted by atomic mass is 10.1. The normalized spacial score (nSPS) is 12.3. The van der Waals surface area contributed by atoms with Crippen LogP contribution in [0.5, 0.6) is 11.5 Å². The molecule has 5 aromatic rings. The maximum Gasteiger partial charge on any atom is 0.181 e. The van der Waals surface area contributed by atoms with Gasteiger partial charge in [-0.25, -0.2) is 9.97 Å². The minimum Gasteiger partial charge on any atom is -0.457 e. The molecule has 0 fully saturated rings. The molecule has 2 aromatic carbocycles. The molecule has 0 bridgehead atoms. The Labute approximate surface area is 202 Å². The molecule has 3 aromatic heterocycles. The van der Waals surface area contributed by atoms with Gasteiger partial charge in [-0.15, -0.1) is 0 Å². The quantitative estimate of drug-likeness (QED) is 0.313. The Balaban J connectivity index is 0.000000222. The lowest BCUT2D eigenvalue weighted by Crippen LogP contribution is -1.89. The molecule has 0 spiro atoms. The largest absolute Gasteiger partial charge is 0.457 e. The van der Waals surface area contributed by atoms with Crippen LogP contribution in [0.15, 0.2) is 60.8 Å². The van der Waals surface area contributed by atoms with E-state index in [0.29, 0.717) is 10.9 Å². The molecular formula is C27H27N5OS. The first kappa shape index (κ1) is 22.1. The monoisotopic (exact) mass is 469 g/mol. The van der Waals surface area contributed by atoms with E-state index in [9.17, 15) is 0 Å². The third-order valence-electron chi connectivity index (χ3n) is 5.92. The highest BCUT2D eigenvalue weighted by molar-refractivity contribution is 7.22. The van der Waals surface area contributed by atoms with Crippen LogP contribution in [0.4, 0.5) is 5.13 Å². The number of aromatic nitrogens is 4. The van der Waals surface area contributed by atoms with E-state index in [0.717, 1.165) is 45.3 Å². The Kier molecular flexibility index (Phi) is 6.27. The first-order chi connectivity index (χ1) is 16.6. The van der Waals surface area contributed by atoms with E-state index in [2.05, 4.69) is 51.1 Å².